The Labute approximate surface area is 289 Å². The zero-order chi connectivity index (χ0) is 33.2. The average molecular weight is 652 g/mol. The second kappa shape index (κ2) is 9.80. The highest BCUT2D eigenvalue weighted by Gasteiger charge is 2.25. The van der Waals surface area contributed by atoms with E-state index >= 15 is 0 Å². The maximum Gasteiger partial charge on any atom is 0.180 e. The standard InChI is InChI=1S/C46H25N3O2/c1-3-12-26(13-4-1)41-45-42(48-46(47-41)27-14-5-2-6-15-27)34-23-22-33-31-18-9-10-20-36(31)49(43(33)44(34)51-45)28-24-35-30-17-8-7-16-29(30)32-19-11-21-37-39(32)40(35)38(25-28)50-37/h1-25H. The molecule has 0 spiro atoms. The number of hydrogen-bond acceptors (Lipinski definition) is 4. The zero-order valence-electron chi connectivity index (χ0n) is 27.1. The van der Waals surface area contributed by atoms with E-state index in [2.05, 4.69) is 120 Å². The lowest BCUT2D eigenvalue weighted by Gasteiger charge is -2.12. The van der Waals surface area contributed by atoms with Crippen LogP contribution in [0.4, 0.5) is 0 Å². The molecule has 5 nitrogen and oxygen atoms in total. The van der Waals surface area contributed by atoms with E-state index in [9.17, 15) is 0 Å². The molecule has 12 rings (SSSR count). The van der Waals surface area contributed by atoms with Crippen LogP contribution in [0.1, 0.15) is 0 Å². The van der Waals surface area contributed by atoms with Crippen molar-refractivity contribution in [2.45, 2.75) is 0 Å². The van der Waals surface area contributed by atoms with Crippen molar-refractivity contribution in [2.75, 3.05) is 0 Å². The van der Waals surface area contributed by atoms with Crippen molar-refractivity contribution in [3.63, 3.8) is 0 Å². The predicted octanol–water partition coefficient (Wildman–Crippen LogP) is 12.5. The van der Waals surface area contributed by atoms with Gasteiger partial charge in [0.2, 0.25) is 0 Å². The molecule has 0 radical (unpaired) electrons. The molecule has 0 saturated heterocycles. The first kappa shape index (κ1) is 26.9. The summed E-state index contributed by atoms with van der Waals surface area (Å²) in [6, 6.07) is 52.9. The van der Waals surface area contributed by atoms with E-state index in [0.717, 1.165) is 77.4 Å². The fraction of sp³-hybridized carbons (Fsp3) is 0. The number of nitrogens with zero attached hydrogens (tertiary/aromatic N) is 3. The highest BCUT2D eigenvalue weighted by molar-refractivity contribution is 6.33. The van der Waals surface area contributed by atoms with Gasteiger partial charge in [0.05, 0.1) is 16.7 Å². The van der Waals surface area contributed by atoms with Crippen LogP contribution in [0, 0.1) is 0 Å². The summed E-state index contributed by atoms with van der Waals surface area (Å²) in [5, 5.41) is 10.3. The fourth-order valence-electron chi connectivity index (χ4n) is 8.38. The smallest absolute Gasteiger partial charge is 0.180 e. The quantitative estimate of drug-likeness (QED) is 0.178. The minimum absolute atomic E-state index is 0.665. The van der Waals surface area contributed by atoms with Crippen molar-refractivity contribution in [1.29, 1.82) is 0 Å². The number of benzene rings is 8. The summed E-state index contributed by atoms with van der Waals surface area (Å²) >= 11 is 0. The second-order valence-electron chi connectivity index (χ2n) is 13.3. The first-order valence-corrected chi connectivity index (χ1v) is 17.2. The third-order valence-corrected chi connectivity index (χ3v) is 10.5. The Morgan fingerprint density at radius 1 is 0.431 bits per heavy atom. The van der Waals surface area contributed by atoms with E-state index in [1.807, 2.05) is 36.4 Å². The number of aromatic nitrogens is 3. The average Bonchev–Trinajstić information content (AvgIpc) is 3.87. The molecular formula is C46H25N3O2. The van der Waals surface area contributed by atoms with Gasteiger partial charge >= 0.3 is 0 Å². The molecule has 51 heavy (non-hydrogen) atoms. The molecule has 0 aliphatic heterocycles. The SMILES string of the molecule is c1ccc(-c2nc(-c3ccccc3)c3oc4c(ccc5c6ccccc6n(-c6cc7oc8cccc9c%10ccccc%10c(c6)c7c89)c54)c3n2)cc1. The molecule has 5 heteroatoms. The Balaban J connectivity index is 1.24. The normalized spacial score (nSPS) is 12.3. The molecule has 236 valence electrons. The van der Waals surface area contributed by atoms with E-state index in [4.69, 9.17) is 18.8 Å². The lowest BCUT2D eigenvalue weighted by molar-refractivity contribution is 0.667. The fourth-order valence-corrected chi connectivity index (χ4v) is 8.38. The van der Waals surface area contributed by atoms with Crippen LogP contribution in [0.2, 0.25) is 0 Å². The van der Waals surface area contributed by atoms with Gasteiger partial charge in [0.15, 0.2) is 17.0 Å². The summed E-state index contributed by atoms with van der Waals surface area (Å²) in [7, 11) is 0. The van der Waals surface area contributed by atoms with Gasteiger partial charge in [-0.3, -0.25) is 0 Å². The molecule has 4 heterocycles. The second-order valence-corrected chi connectivity index (χ2v) is 13.3. The van der Waals surface area contributed by atoms with Crippen molar-refractivity contribution < 1.29 is 8.83 Å². The van der Waals surface area contributed by atoms with Gasteiger partial charge in [0, 0.05) is 44.1 Å². The molecule has 4 aromatic heterocycles. The summed E-state index contributed by atoms with van der Waals surface area (Å²) in [4.78, 5) is 10.3. The Hall–Kier alpha value is -6.98. The summed E-state index contributed by atoms with van der Waals surface area (Å²) < 4.78 is 16.0. The largest absolute Gasteiger partial charge is 0.456 e. The van der Waals surface area contributed by atoms with Crippen molar-refractivity contribution in [2.24, 2.45) is 0 Å². The number of fused-ring (bicyclic) bond motifs is 10. The summed E-state index contributed by atoms with van der Waals surface area (Å²) in [5.41, 5.74) is 9.79. The van der Waals surface area contributed by atoms with Crippen molar-refractivity contribution >= 4 is 87.4 Å². The Morgan fingerprint density at radius 2 is 1.10 bits per heavy atom. The monoisotopic (exact) mass is 651 g/mol. The van der Waals surface area contributed by atoms with Crippen LogP contribution < -0.4 is 0 Å². The summed E-state index contributed by atoms with van der Waals surface area (Å²) in [6.45, 7) is 0. The third kappa shape index (κ3) is 3.59. The first-order valence-electron chi connectivity index (χ1n) is 17.2. The van der Waals surface area contributed by atoms with Crippen LogP contribution in [-0.4, -0.2) is 14.5 Å². The lowest BCUT2D eigenvalue weighted by atomic mass is 9.94. The minimum atomic E-state index is 0.665. The van der Waals surface area contributed by atoms with E-state index in [1.165, 1.54) is 26.9 Å². The van der Waals surface area contributed by atoms with Gasteiger partial charge in [-0.2, -0.15) is 0 Å². The minimum Gasteiger partial charge on any atom is -0.456 e. The molecular weight excluding hydrogens is 627 g/mol. The molecule has 0 fully saturated rings. The van der Waals surface area contributed by atoms with Crippen LogP contribution >= 0.6 is 0 Å². The molecule has 0 bridgehead atoms. The lowest BCUT2D eigenvalue weighted by Crippen LogP contribution is -1.95. The molecule has 0 unspecified atom stereocenters. The van der Waals surface area contributed by atoms with Gasteiger partial charge in [-0.25, -0.2) is 9.97 Å². The van der Waals surface area contributed by atoms with Crippen molar-refractivity contribution in [3.8, 4) is 28.3 Å². The van der Waals surface area contributed by atoms with Gasteiger partial charge in [0.1, 0.15) is 22.4 Å². The Kier molecular flexibility index (Phi) is 5.17. The molecule has 0 atom stereocenters. The maximum atomic E-state index is 7.02. The van der Waals surface area contributed by atoms with Crippen LogP contribution in [0.5, 0.6) is 0 Å². The Morgan fingerprint density at radius 3 is 1.92 bits per heavy atom. The maximum absolute atomic E-state index is 7.02. The number of furan rings is 2. The van der Waals surface area contributed by atoms with Crippen molar-refractivity contribution in [3.05, 3.63) is 152 Å². The molecule has 0 aliphatic rings. The highest BCUT2D eigenvalue weighted by atomic mass is 16.3. The molecule has 0 saturated carbocycles. The molecule has 0 N–H and O–H groups in total. The molecule has 0 amide bonds. The third-order valence-electron chi connectivity index (χ3n) is 10.5. The molecule has 12 aromatic rings. The van der Waals surface area contributed by atoms with E-state index in [1.54, 1.807) is 0 Å². The van der Waals surface area contributed by atoms with Crippen LogP contribution in [0.25, 0.3) is 116 Å². The van der Waals surface area contributed by atoms with Crippen LogP contribution in [-0.2, 0) is 0 Å². The van der Waals surface area contributed by atoms with E-state index in [0.29, 0.717) is 11.4 Å². The Bertz CT molecular complexity index is 3350. The number of para-hydroxylation sites is 1. The number of rotatable bonds is 3. The molecule has 8 aromatic carbocycles. The number of hydrogen-bond donors (Lipinski definition) is 0. The van der Waals surface area contributed by atoms with Gasteiger partial charge in [0.25, 0.3) is 0 Å². The van der Waals surface area contributed by atoms with Gasteiger partial charge in [-0.1, -0.05) is 121 Å². The van der Waals surface area contributed by atoms with Gasteiger partial charge in [-0.15, -0.1) is 0 Å². The summed E-state index contributed by atoms with van der Waals surface area (Å²) in [6.07, 6.45) is 0. The van der Waals surface area contributed by atoms with Gasteiger partial charge < -0.3 is 13.4 Å². The first-order chi connectivity index (χ1) is 25.3. The topological polar surface area (TPSA) is 57.0 Å². The van der Waals surface area contributed by atoms with Crippen molar-refractivity contribution in [1.82, 2.24) is 14.5 Å². The summed E-state index contributed by atoms with van der Waals surface area (Å²) in [5.74, 6) is 0.665. The zero-order valence-corrected chi connectivity index (χ0v) is 27.1. The van der Waals surface area contributed by atoms with Crippen LogP contribution in [0.3, 0.4) is 0 Å². The van der Waals surface area contributed by atoms with E-state index in [-0.39, 0.29) is 0 Å². The highest BCUT2D eigenvalue weighted by Crippen LogP contribution is 2.46. The van der Waals surface area contributed by atoms with Crippen LogP contribution in [0.15, 0.2) is 160 Å². The predicted molar refractivity (Wildman–Crippen MR) is 208 cm³/mol. The van der Waals surface area contributed by atoms with E-state index < -0.39 is 0 Å². The molecule has 0 aliphatic carbocycles. The van der Waals surface area contributed by atoms with Gasteiger partial charge in [-0.05, 0) is 45.8 Å².